The first-order chi connectivity index (χ1) is 9.58. The molecule has 2 rings (SSSR count). The van der Waals surface area contributed by atoms with Gasteiger partial charge in [0.2, 0.25) is 0 Å². The molecule has 0 unspecified atom stereocenters. The zero-order valence-electron chi connectivity index (χ0n) is 11.5. The van der Waals surface area contributed by atoms with E-state index in [1.807, 2.05) is 30.4 Å². The molecule has 0 saturated heterocycles. The van der Waals surface area contributed by atoms with Gasteiger partial charge in [0.05, 0.1) is 6.04 Å². The maximum atomic E-state index is 13.1. The molecule has 1 aromatic carbocycles. The van der Waals surface area contributed by atoms with E-state index in [1.165, 1.54) is 23.8 Å². The second-order valence-corrected chi connectivity index (χ2v) is 5.54. The van der Waals surface area contributed by atoms with Crippen molar-refractivity contribution in [2.45, 2.75) is 6.04 Å². The number of benzene rings is 1. The van der Waals surface area contributed by atoms with Crippen LogP contribution in [0.15, 0.2) is 41.1 Å². The van der Waals surface area contributed by atoms with Crippen LogP contribution in [0.1, 0.15) is 22.0 Å². The highest BCUT2D eigenvalue weighted by atomic mass is 32.1. The third-order valence-electron chi connectivity index (χ3n) is 3.09. The molecule has 0 aliphatic carbocycles. The number of hydrogen-bond acceptors (Lipinski definition) is 3. The Labute approximate surface area is 122 Å². The molecule has 1 atom stereocenters. The molecule has 20 heavy (non-hydrogen) atoms. The average molecular weight is 292 g/mol. The normalized spacial score (nSPS) is 12.4. The van der Waals surface area contributed by atoms with Gasteiger partial charge < -0.3 is 10.2 Å². The van der Waals surface area contributed by atoms with Gasteiger partial charge in [0, 0.05) is 12.1 Å². The highest BCUT2D eigenvalue weighted by Crippen LogP contribution is 2.20. The molecule has 1 heterocycles. The lowest BCUT2D eigenvalue weighted by molar-refractivity contribution is 0.0941. The van der Waals surface area contributed by atoms with Gasteiger partial charge in [-0.2, -0.15) is 11.3 Å². The topological polar surface area (TPSA) is 32.3 Å². The van der Waals surface area contributed by atoms with Gasteiger partial charge in [-0.25, -0.2) is 4.39 Å². The molecule has 0 radical (unpaired) electrons. The number of hydrogen-bond donors (Lipinski definition) is 1. The first kappa shape index (κ1) is 14.7. The Bertz CT molecular complexity index is 569. The van der Waals surface area contributed by atoms with Gasteiger partial charge in [0.25, 0.3) is 5.91 Å². The number of thiophene rings is 1. The van der Waals surface area contributed by atoms with E-state index in [-0.39, 0.29) is 11.9 Å². The van der Waals surface area contributed by atoms with Crippen molar-refractivity contribution in [2.75, 3.05) is 20.6 Å². The lowest BCUT2D eigenvalue weighted by atomic mass is 10.1. The van der Waals surface area contributed by atoms with Crippen LogP contribution in [0.4, 0.5) is 4.39 Å². The predicted octanol–water partition coefficient (Wildman–Crippen LogP) is 2.92. The summed E-state index contributed by atoms with van der Waals surface area (Å²) in [5.74, 6) is -0.661. The molecule has 1 amide bonds. The summed E-state index contributed by atoms with van der Waals surface area (Å²) in [7, 11) is 3.94. The summed E-state index contributed by atoms with van der Waals surface area (Å²) in [5, 5.41) is 6.94. The van der Waals surface area contributed by atoms with E-state index in [0.717, 1.165) is 0 Å². The van der Waals surface area contributed by atoms with Gasteiger partial charge in [-0.05, 0) is 54.7 Å². The lowest BCUT2D eigenvalue weighted by Gasteiger charge is -2.24. The molecule has 3 nitrogen and oxygen atoms in total. The average Bonchev–Trinajstić information content (AvgIpc) is 2.92. The molecule has 0 fully saturated rings. The zero-order valence-corrected chi connectivity index (χ0v) is 12.3. The number of amides is 1. The van der Waals surface area contributed by atoms with Crippen LogP contribution in [0.3, 0.4) is 0 Å². The van der Waals surface area contributed by atoms with Crippen molar-refractivity contribution in [1.29, 1.82) is 0 Å². The van der Waals surface area contributed by atoms with Gasteiger partial charge in [0.15, 0.2) is 0 Å². The molecular weight excluding hydrogens is 275 g/mol. The van der Waals surface area contributed by atoms with Crippen LogP contribution in [0.5, 0.6) is 0 Å². The summed E-state index contributed by atoms with van der Waals surface area (Å²) in [5.41, 5.74) is 1.51. The number of carbonyl (C=O) groups excluding carboxylic acids is 1. The maximum absolute atomic E-state index is 13.1. The summed E-state index contributed by atoms with van der Waals surface area (Å²) in [6.45, 7) is 0.485. The van der Waals surface area contributed by atoms with Crippen LogP contribution in [-0.2, 0) is 0 Å². The molecule has 0 spiro atoms. The first-order valence-corrected chi connectivity index (χ1v) is 7.24. The lowest BCUT2D eigenvalue weighted by Crippen LogP contribution is -2.34. The van der Waals surface area contributed by atoms with Crippen molar-refractivity contribution < 1.29 is 9.18 Å². The Hall–Kier alpha value is -1.72. The quantitative estimate of drug-likeness (QED) is 0.919. The van der Waals surface area contributed by atoms with Crippen molar-refractivity contribution >= 4 is 17.2 Å². The van der Waals surface area contributed by atoms with Crippen molar-refractivity contribution in [2.24, 2.45) is 0 Å². The Morgan fingerprint density at radius 3 is 2.80 bits per heavy atom. The number of nitrogens with zero attached hydrogens (tertiary/aromatic N) is 1. The predicted molar refractivity (Wildman–Crippen MR) is 79.5 cm³/mol. The van der Waals surface area contributed by atoms with E-state index in [4.69, 9.17) is 0 Å². The summed E-state index contributed by atoms with van der Waals surface area (Å²) >= 11 is 1.63. The highest BCUT2D eigenvalue weighted by Gasteiger charge is 2.16. The molecule has 1 N–H and O–H groups in total. The fourth-order valence-electron chi connectivity index (χ4n) is 1.98. The van der Waals surface area contributed by atoms with Crippen LogP contribution in [0.25, 0.3) is 0 Å². The van der Waals surface area contributed by atoms with Crippen molar-refractivity contribution in [3.63, 3.8) is 0 Å². The van der Waals surface area contributed by atoms with Crippen LogP contribution in [0.2, 0.25) is 0 Å². The maximum Gasteiger partial charge on any atom is 0.251 e. The van der Waals surface area contributed by atoms with E-state index in [2.05, 4.69) is 10.7 Å². The number of likely N-dealkylation sites (N-methyl/N-ethyl adjacent to an activating group) is 1. The fraction of sp³-hybridized carbons (Fsp3) is 0.267. The molecular formula is C15H17FN2OS. The number of rotatable bonds is 5. The fourth-order valence-corrected chi connectivity index (χ4v) is 2.69. The first-order valence-electron chi connectivity index (χ1n) is 6.30. The van der Waals surface area contributed by atoms with Gasteiger partial charge in [-0.1, -0.05) is 6.07 Å². The Morgan fingerprint density at radius 2 is 2.20 bits per heavy atom. The van der Waals surface area contributed by atoms with Gasteiger partial charge in [0.1, 0.15) is 5.82 Å². The second kappa shape index (κ2) is 6.63. The summed E-state index contributed by atoms with van der Waals surface area (Å²) in [6, 6.07) is 7.86. The molecule has 1 aromatic heterocycles. The summed E-state index contributed by atoms with van der Waals surface area (Å²) in [6.07, 6.45) is 0. The van der Waals surface area contributed by atoms with E-state index in [0.29, 0.717) is 12.1 Å². The molecule has 5 heteroatoms. The van der Waals surface area contributed by atoms with Gasteiger partial charge in [-0.3, -0.25) is 4.79 Å². The van der Waals surface area contributed by atoms with E-state index >= 15 is 0 Å². The van der Waals surface area contributed by atoms with Crippen LogP contribution in [0, 0.1) is 5.82 Å². The largest absolute Gasteiger partial charge is 0.350 e. The van der Waals surface area contributed by atoms with E-state index < -0.39 is 5.82 Å². The smallest absolute Gasteiger partial charge is 0.251 e. The Morgan fingerprint density at radius 1 is 1.40 bits per heavy atom. The number of carbonyl (C=O) groups is 1. The van der Waals surface area contributed by atoms with Gasteiger partial charge >= 0.3 is 0 Å². The minimum absolute atomic E-state index is 0.110. The third kappa shape index (κ3) is 3.65. The highest BCUT2D eigenvalue weighted by molar-refractivity contribution is 7.07. The second-order valence-electron chi connectivity index (χ2n) is 4.76. The molecule has 0 aliphatic rings. The standard InChI is InChI=1S/C15H17FN2OS/c1-18(2)14(12-6-7-20-10-12)9-17-15(19)11-4-3-5-13(16)8-11/h3-8,10,14H,9H2,1-2H3,(H,17,19)/t14-/m0/s1. The summed E-state index contributed by atoms with van der Waals surface area (Å²) < 4.78 is 13.1. The number of nitrogens with one attached hydrogen (secondary N) is 1. The molecule has 2 aromatic rings. The minimum Gasteiger partial charge on any atom is -0.350 e. The molecule has 0 bridgehead atoms. The number of halogens is 1. The van der Waals surface area contributed by atoms with E-state index in [9.17, 15) is 9.18 Å². The third-order valence-corrected chi connectivity index (χ3v) is 3.80. The molecule has 106 valence electrons. The van der Waals surface area contributed by atoms with Crippen molar-refractivity contribution in [3.05, 3.63) is 58.0 Å². The SMILES string of the molecule is CN(C)[C@@H](CNC(=O)c1cccc(F)c1)c1ccsc1. The van der Waals surface area contributed by atoms with Crippen molar-refractivity contribution in [1.82, 2.24) is 10.2 Å². The minimum atomic E-state index is -0.403. The monoisotopic (exact) mass is 292 g/mol. The molecule has 0 saturated carbocycles. The van der Waals surface area contributed by atoms with Gasteiger partial charge in [-0.15, -0.1) is 0 Å². The summed E-state index contributed by atoms with van der Waals surface area (Å²) in [4.78, 5) is 14.0. The Kier molecular flexibility index (Phi) is 4.87. The van der Waals surface area contributed by atoms with Crippen LogP contribution in [-0.4, -0.2) is 31.4 Å². The molecule has 0 aliphatic heterocycles. The van der Waals surface area contributed by atoms with Crippen molar-refractivity contribution in [3.8, 4) is 0 Å². The Balaban J connectivity index is 2.01. The zero-order chi connectivity index (χ0) is 14.5. The van der Waals surface area contributed by atoms with E-state index in [1.54, 1.807) is 17.4 Å². The van der Waals surface area contributed by atoms with Crippen LogP contribution < -0.4 is 5.32 Å². The van der Waals surface area contributed by atoms with Crippen LogP contribution >= 0.6 is 11.3 Å².